The molecule has 0 saturated heterocycles. The van der Waals surface area contributed by atoms with Crippen LogP contribution in [0.2, 0.25) is 0 Å². The molecule has 0 amide bonds. The van der Waals surface area contributed by atoms with Crippen LogP contribution >= 0.6 is 34.8 Å². The lowest BCUT2D eigenvalue weighted by Crippen LogP contribution is -2.25. The molecular weight excluding hydrogens is 296 g/mol. The fourth-order valence-corrected chi connectivity index (χ4v) is 1.28. The molecule has 0 saturated carbocycles. The van der Waals surface area contributed by atoms with E-state index in [1.807, 2.05) is 0 Å². The maximum absolute atomic E-state index is 11.5. The van der Waals surface area contributed by atoms with Crippen molar-refractivity contribution in [3.63, 3.8) is 0 Å². The largest absolute Gasteiger partial charge is 0.465 e. The van der Waals surface area contributed by atoms with Crippen LogP contribution in [0.4, 0.5) is 5.69 Å². The summed E-state index contributed by atoms with van der Waals surface area (Å²) >= 11 is 17.7. The van der Waals surface area contributed by atoms with E-state index in [1.54, 1.807) is 31.2 Å². The number of ether oxygens (including phenoxy) is 1. The summed E-state index contributed by atoms with van der Waals surface area (Å²) in [5.41, 5.74) is 0.759. The third-order valence-electron chi connectivity index (χ3n) is 2.22. The molecular formula is C12H12Cl3NO2. The van der Waals surface area contributed by atoms with E-state index in [9.17, 15) is 4.79 Å². The summed E-state index contributed by atoms with van der Waals surface area (Å²) in [6.07, 6.45) is 1.30. The molecule has 3 nitrogen and oxygen atoms in total. The molecule has 0 N–H and O–H groups in total. The van der Waals surface area contributed by atoms with Gasteiger partial charge in [-0.3, -0.25) is 4.99 Å². The van der Waals surface area contributed by atoms with Gasteiger partial charge < -0.3 is 4.74 Å². The Kier molecular flexibility index (Phi) is 5.45. The monoisotopic (exact) mass is 307 g/mol. The first-order chi connectivity index (χ1) is 8.38. The molecule has 0 radical (unpaired) electrons. The van der Waals surface area contributed by atoms with Crippen molar-refractivity contribution in [3.8, 4) is 0 Å². The van der Waals surface area contributed by atoms with E-state index in [1.165, 1.54) is 13.3 Å². The number of methoxy groups -OCH3 is 1. The van der Waals surface area contributed by atoms with E-state index in [2.05, 4.69) is 9.73 Å². The Hall–Kier alpha value is -0.770. The summed E-state index contributed by atoms with van der Waals surface area (Å²) < 4.78 is 3.35. The normalized spacial score (nSPS) is 13.6. The lowest BCUT2D eigenvalue weighted by atomic mass is 10.2. The molecule has 0 unspecified atom stereocenters. The number of carbonyl (C=O) groups excluding carboxylic acids is 1. The third kappa shape index (κ3) is 3.87. The van der Waals surface area contributed by atoms with E-state index >= 15 is 0 Å². The van der Waals surface area contributed by atoms with Gasteiger partial charge >= 0.3 is 5.97 Å². The fraction of sp³-hybridized carbons (Fsp3) is 0.333. The first kappa shape index (κ1) is 15.3. The van der Waals surface area contributed by atoms with Crippen LogP contribution in [-0.2, 0) is 4.74 Å². The van der Waals surface area contributed by atoms with Crippen molar-refractivity contribution in [2.45, 2.75) is 16.6 Å². The molecule has 0 aliphatic carbocycles. The quantitative estimate of drug-likeness (QED) is 0.479. The first-order valence-corrected chi connectivity index (χ1v) is 6.32. The predicted octanol–water partition coefficient (Wildman–Crippen LogP) is 3.98. The second-order valence-corrected chi connectivity index (χ2v) is 5.66. The second-order valence-electron chi connectivity index (χ2n) is 3.56. The maximum atomic E-state index is 11.5. The SMILES string of the molecule is COC(=O)c1ccccc1N=CC(Cl)(Cl)[C@@H](C)Cl. The third-order valence-corrected chi connectivity index (χ3v) is 3.63. The van der Waals surface area contributed by atoms with E-state index in [4.69, 9.17) is 34.8 Å². The Balaban J connectivity index is 3.05. The molecule has 1 aromatic rings. The van der Waals surface area contributed by atoms with Gasteiger partial charge in [-0.2, -0.15) is 0 Å². The Morgan fingerprint density at radius 2 is 2.06 bits per heavy atom. The predicted molar refractivity (Wildman–Crippen MR) is 75.7 cm³/mol. The summed E-state index contributed by atoms with van der Waals surface area (Å²) in [6, 6.07) is 6.72. The number of hydrogen-bond donors (Lipinski definition) is 0. The lowest BCUT2D eigenvalue weighted by molar-refractivity contribution is 0.0602. The molecule has 98 valence electrons. The molecule has 0 aliphatic heterocycles. The van der Waals surface area contributed by atoms with Crippen molar-refractivity contribution in [3.05, 3.63) is 29.8 Å². The van der Waals surface area contributed by atoms with Crippen LogP contribution < -0.4 is 0 Å². The van der Waals surface area contributed by atoms with Crippen molar-refractivity contribution in [2.75, 3.05) is 7.11 Å². The molecule has 0 aliphatic rings. The zero-order valence-electron chi connectivity index (χ0n) is 9.86. The highest BCUT2D eigenvalue weighted by Gasteiger charge is 2.28. The van der Waals surface area contributed by atoms with Crippen molar-refractivity contribution < 1.29 is 9.53 Å². The number of rotatable bonds is 4. The minimum atomic E-state index is -1.30. The Bertz CT molecular complexity index is 458. The summed E-state index contributed by atoms with van der Waals surface area (Å²) in [5.74, 6) is -0.476. The average Bonchev–Trinajstić information content (AvgIpc) is 2.35. The second kappa shape index (κ2) is 6.41. The van der Waals surface area contributed by atoms with E-state index < -0.39 is 15.7 Å². The number of para-hydroxylation sites is 1. The summed E-state index contributed by atoms with van der Waals surface area (Å²) in [5, 5.41) is -0.519. The van der Waals surface area contributed by atoms with Crippen LogP contribution in [0.15, 0.2) is 29.3 Å². The van der Waals surface area contributed by atoms with Gasteiger partial charge in [0, 0.05) is 6.21 Å². The number of halogens is 3. The van der Waals surface area contributed by atoms with E-state index in [0.717, 1.165) is 0 Å². The van der Waals surface area contributed by atoms with Gasteiger partial charge in [-0.15, -0.1) is 11.6 Å². The zero-order chi connectivity index (χ0) is 13.8. The van der Waals surface area contributed by atoms with Gasteiger partial charge in [0.05, 0.1) is 23.7 Å². The highest BCUT2D eigenvalue weighted by molar-refractivity contribution is 6.59. The summed E-state index contributed by atoms with van der Waals surface area (Å²) in [6.45, 7) is 1.65. The number of benzene rings is 1. The molecule has 0 aromatic heterocycles. The molecule has 1 atom stereocenters. The van der Waals surface area contributed by atoms with Crippen LogP contribution in [0.25, 0.3) is 0 Å². The van der Waals surface area contributed by atoms with Crippen LogP contribution in [0.3, 0.4) is 0 Å². The number of carbonyl (C=O) groups is 1. The van der Waals surface area contributed by atoms with Crippen LogP contribution in [0.5, 0.6) is 0 Å². The first-order valence-electron chi connectivity index (χ1n) is 5.13. The topological polar surface area (TPSA) is 38.7 Å². The molecule has 0 spiro atoms. The Labute approximate surface area is 121 Å². The van der Waals surface area contributed by atoms with Crippen molar-refractivity contribution in [2.24, 2.45) is 4.99 Å². The number of esters is 1. The van der Waals surface area contributed by atoms with Gasteiger partial charge in [0.15, 0.2) is 4.33 Å². The highest BCUT2D eigenvalue weighted by atomic mass is 35.5. The number of aliphatic imine (C=N–C) groups is 1. The molecule has 0 fully saturated rings. The van der Waals surface area contributed by atoms with Gasteiger partial charge in [0.25, 0.3) is 0 Å². The average molecular weight is 309 g/mol. The molecule has 1 rings (SSSR count). The lowest BCUT2D eigenvalue weighted by Gasteiger charge is -2.16. The van der Waals surface area contributed by atoms with Crippen LogP contribution in [0, 0.1) is 0 Å². The number of hydrogen-bond acceptors (Lipinski definition) is 3. The van der Waals surface area contributed by atoms with Gasteiger partial charge in [0.1, 0.15) is 0 Å². The van der Waals surface area contributed by atoms with E-state index in [-0.39, 0.29) is 0 Å². The Morgan fingerprint density at radius 3 is 2.61 bits per heavy atom. The number of alkyl halides is 3. The van der Waals surface area contributed by atoms with E-state index in [0.29, 0.717) is 11.3 Å². The highest BCUT2D eigenvalue weighted by Crippen LogP contribution is 2.29. The van der Waals surface area contributed by atoms with Gasteiger partial charge in [-0.25, -0.2) is 4.79 Å². The molecule has 6 heteroatoms. The molecule has 1 aromatic carbocycles. The molecule has 0 bridgehead atoms. The summed E-state index contributed by atoms with van der Waals surface area (Å²) in [4.78, 5) is 15.6. The standard InChI is InChI=1S/C12H12Cl3NO2/c1-8(13)12(14,15)7-16-10-6-4-3-5-9(10)11(17)18-2/h3-8H,1-2H3/t8-/m1/s1. The fourth-order valence-electron chi connectivity index (χ4n) is 1.13. The van der Waals surface area contributed by atoms with Crippen LogP contribution in [0.1, 0.15) is 17.3 Å². The molecule has 0 heterocycles. The minimum absolute atomic E-state index is 0.336. The summed E-state index contributed by atoms with van der Waals surface area (Å²) in [7, 11) is 1.30. The zero-order valence-corrected chi connectivity index (χ0v) is 12.1. The minimum Gasteiger partial charge on any atom is -0.465 e. The van der Waals surface area contributed by atoms with Crippen molar-refractivity contribution in [1.29, 1.82) is 0 Å². The Morgan fingerprint density at radius 1 is 1.44 bits per heavy atom. The van der Waals surface area contributed by atoms with Crippen molar-refractivity contribution >= 4 is 52.7 Å². The van der Waals surface area contributed by atoms with Gasteiger partial charge in [-0.1, -0.05) is 35.3 Å². The number of nitrogens with zero attached hydrogens (tertiary/aromatic N) is 1. The van der Waals surface area contributed by atoms with Crippen LogP contribution in [-0.4, -0.2) is 29.0 Å². The van der Waals surface area contributed by atoms with Gasteiger partial charge in [0.2, 0.25) is 0 Å². The molecule has 18 heavy (non-hydrogen) atoms. The maximum Gasteiger partial charge on any atom is 0.340 e. The van der Waals surface area contributed by atoms with Gasteiger partial charge in [-0.05, 0) is 19.1 Å². The smallest absolute Gasteiger partial charge is 0.340 e. The van der Waals surface area contributed by atoms with Crippen molar-refractivity contribution in [1.82, 2.24) is 0 Å².